The van der Waals surface area contributed by atoms with E-state index in [0.29, 0.717) is 11.4 Å². The smallest absolute Gasteiger partial charge is 0.303 e. The van der Waals surface area contributed by atoms with Crippen molar-refractivity contribution in [2.24, 2.45) is 0 Å². The molecule has 0 atom stereocenters. The number of nitrogens with zero attached hydrogens (tertiary/aromatic N) is 1. The minimum atomic E-state index is -0.726. The molecule has 0 aliphatic heterocycles. The molecule has 0 aliphatic carbocycles. The Kier molecular flexibility index (Phi) is 4.45. The first-order chi connectivity index (χ1) is 7.94. The number of rotatable bonds is 5. The van der Waals surface area contributed by atoms with Gasteiger partial charge in [-0.2, -0.15) is 0 Å². The van der Waals surface area contributed by atoms with E-state index in [0.717, 1.165) is 0 Å². The number of carbonyl (C=O) groups is 1. The average molecular weight is 239 g/mol. The second-order valence-corrected chi connectivity index (χ2v) is 4.27. The highest BCUT2D eigenvalue weighted by atomic mass is 16.6. The lowest BCUT2D eigenvalue weighted by molar-refractivity contribution is -0.156. The van der Waals surface area contributed by atoms with Crippen LogP contribution < -0.4 is 4.74 Å². The summed E-state index contributed by atoms with van der Waals surface area (Å²) in [7, 11) is 0. The first-order valence-electron chi connectivity index (χ1n) is 5.32. The Bertz CT molecular complexity index is 390. The molecule has 1 aromatic rings. The van der Waals surface area contributed by atoms with Crippen molar-refractivity contribution in [3.05, 3.63) is 23.9 Å². The SMILES string of the molecule is CC(=O)OC(C)(C)COc1ncccc1CO. The molecule has 0 bridgehead atoms. The Morgan fingerprint density at radius 3 is 2.82 bits per heavy atom. The second-order valence-electron chi connectivity index (χ2n) is 4.27. The predicted octanol–water partition coefficient (Wildman–Crippen LogP) is 1.29. The van der Waals surface area contributed by atoms with E-state index in [1.54, 1.807) is 32.2 Å². The summed E-state index contributed by atoms with van der Waals surface area (Å²) in [5, 5.41) is 9.09. The monoisotopic (exact) mass is 239 g/mol. The average Bonchev–Trinajstić information content (AvgIpc) is 2.25. The lowest BCUT2D eigenvalue weighted by Crippen LogP contribution is -2.34. The number of aliphatic hydroxyl groups excluding tert-OH is 1. The van der Waals surface area contributed by atoms with Crippen LogP contribution in [0.15, 0.2) is 18.3 Å². The topological polar surface area (TPSA) is 68.7 Å². The molecule has 17 heavy (non-hydrogen) atoms. The van der Waals surface area contributed by atoms with E-state index in [1.165, 1.54) is 6.92 Å². The molecule has 5 heteroatoms. The molecule has 0 aromatic carbocycles. The third-order valence-corrected chi connectivity index (χ3v) is 2.00. The predicted molar refractivity (Wildman–Crippen MR) is 61.5 cm³/mol. The van der Waals surface area contributed by atoms with Crippen LogP contribution in [-0.4, -0.2) is 28.3 Å². The molecule has 0 fully saturated rings. The van der Waals surface area contributed by atoms with Crippen LogP contribution in [0.4, 0.5) is 0 Å². The van der Waals surface area contributed by atoms with Crippen molar-refractivity contribution in [3.63, 3.8) is 0 Å². The van der Waals surface area contributed by atoms with Crippen molar-refractivity contribution in [1.82, 2.24) is 4.98 Å². The maximum absolute atomic E-state index is 10.9. The van der Waals surface area contributed by atoms with Gasteiger partial charge in [0.05, 0.1) is 6.61 Å². The summed E-state index contributed by atoms with van der Waals surface area (Å²) >= 11 is 0. The van der Waals surface area contributed by atoms with Gasteiger partial charge in [-0.25, -0.2) is 4.98 Å². The van der Waals surface area contributed by atoms with Gasteiger partial charge < -0.3 is 14.6 Å². The van der Waals surface area contributed by atoms with Crippen molar-refractivity contribution in [2.75, 3.05) is 6.61 Å². The first-order valence-corrected chi connectivity index (χ1v) is 5.32. The summed E-state index contributed by atoms with van der Waals surface area (Å²) in [4.78, 5) is 14.9. The molecule has 0 saturated carbocycles. The summed E-state index contributed by atoms with van der Waals surface area (Å²) in [5.41, 5.74) is -0.123. The molecule has 1 aromatic heterocycles. The molecular formula is C12H17NO4. The van der Waals surface area contributed by atoms with Gasteiger partial charge in [-0.15, -0.1) is 0 Å². The normalized spacial score (nSPS) is 11.1. The van der Waals surface area contributed by atoms with Gasteiger partial charge in [-0.1, -0.05) is 0 Å². The van der Waals surface area contributed by atoms with Gasteiger partial charge in [0.1, 0.15) is 12.2 Å². The molecule has 0 spiro atoms. The van der Waals surface area contributed by atoms with Gasteiger partial charge in [0.25, 0.3) is 0 Å². The molecule has 0 saturated heterocycles. The molecule has 0 aliphatic rings. The third kappa shape index (κ3) is 4.40. The van der Waals surface area contributed by atoms with E-state index in [-0.39, 0.29) is 19.2 Å². The number of carbonyl (C=O) groups excluding carboxylic acids is 1. The van der Waals surface area contributed by atoms with Crippen molar-refractivity contribution < 1.29 is 19.4 Å². The highest BCUT2D eigenvalue weighted by molar-refractivity contribution is 5.66. The third-order valence-electron chi connectivity index (χ3n) is 2.00. The van der Waals surface area contributed by atoms with E-state index in [4.69, 9.17) is 14.6 Å². The number of pyridine rings is 1. The summed E-state index contributed by atoms with van der Waals surface area (Å²) in [6.45, 7) is 4.88. The van der Waals surface area contributed by atoms with Crippen LogP contribution in [0, 0.1) is 0 Å². The minimum absolute atomic E-state index is 0.142. The van der Waals surface area contributed by atoms with Crippen LogP contribution in [0.2, 0.25) is 0 Å². The van der Waals surface area contributed by atoms with Crippen molar-refractivity contribution in [2.45, 2.75) is 33.0 Å². The number of aromatic nitrogens is 1. The zero-order valence-corrected chi connectivity index (χ0v) is 10.3. The molecule has 1 rings (SSSR count). The highest BCUT2D eigenvalue weighted by Gasteiger charge is 2.23. The molecule has 1 heterocycles. The van der Waals surface area contributed by atoms with Crippen molar-refractivity contribution >= 4 is 5.97 Å². The Morgan fingerprint density at radius 1 is 1.53 bits per heavy atom. The molecule has 0 unspecified atom stereocenters. The minimum Gasteiger partial charge on any atom is -0.473 e. The van der Waals surface area contributed by atoms with E-state index in [1.807, 2.05) is 0 Å². The highest BCUT2D eigenvalue weighted by Crippen LogP contribution is 2.17. The quantitative estimate of drug-likeness (QED) is 0.784. The van der Waals surface area contributed by atoms with Gasteiger partial charge in [0.15, 0.2) is 0 Å². The summed E-state index contributed by atoms with van der Waals surface area (Å²) in [6, 6.07) is 3.44. The molecule has 5 nitrogen and oxygen atoms in total. The van der Waals surface area contributed by atoms with Gasteiger partial charge in [-0.3, -0.25) is 4.79 Å². The number of aliphatic hydroxyl groups is 1. The van der Waals surface area contributed by atoms with Crippen LogP contribution in [0.25, 0.3) is 0 Å². The summed E-state index contributed by atoms with van der Waals surface area (Å²) in [6.07, 6.45) is 1.58. The van der Waals surface area contributed by atoms with E-state index >= 15 is 0 Å². The molecule has 94 valence electrons. The Labute approximate surface area is 100 Å². The molecule has 1 N–H and O–H groups in total. The zero-order chi connectivity index (χ0) is 12.9. The maximum Gasteiger partial charge on any atom is 0.303 e. The number of hydrogen-bond donors (Lipinski definition) is 1. The number of esters is 1. The fraction of sp³-hybridized carbons (Fsp3) is 0.500. The number of ether oxygens (including phenoxy) is 2. The molecule has 0 radical (unpaired) electrons. The Morgan fingerprint density at radius 2 is 2.24 bits per heavy atom. The van der Waals surface area contributed by atoms with Crippen molar-refractivity contribution in [3.8, 4) is 5.88 Å². The van der Waals surface area contributed by atoms with Crippen molar-refractivity contribution in [1.29, 1.82) is 0 Å². The first kappa shape index (κ1) is 13.4. The molecule has 0 amide bonds. The van der Waals surface area contributed by atoms with E-state index in [2.05, 4.69) is 4.98 Å². The second kappa shape index (κ2) is 5.63. The zero-order valence-electron chi connectivity index (χ0n) is 10.3. The number of hydrogen-bond acceptors (Lipinski definition) is 5. The lowest BCUT2D eigenvalue weighted by atomic mass is 10.1. The summed E-state index contributed by atoms with van der Waals surface area (Å²) < 4.78 is 10.5. The van der Waals surface area contributed by atoms with E-state index < -0.39 is 5.60 Å². The maximum atomic E-state index is 10.9. The fourth-order valence-corrected chi connectivity index (χ4v) is 1.34. The largest absolute Gasteiger partial charge is 0.473 e. The van der Waals surface area contributed by atoms with Crippen LogP contribution in [0.3, 0.4) is 0 Å². The van der Waals surface area contributed by atoms with Crippen LogP contribution in [0.5, 0.6) is 5.88 Å². The fourth-order valence-electron chi connectivity index (χ4n) is 1.34. The molecular weight excluding hydrogens is 222 g/mol. The van der Waals surface area contributed by atoms with Crippen LogP contribution in [0.1, 0.15) is 26.3 Å². The lowest BCUT2D eigenvalue weighted by Gasteiger charge is -2.24. The van der Waals surface area contributed by atoms with Gasteiger partial charge >= 0.3 is 5.97 Å². The van der Waals surface area contributed by atoms with Gasteiger partial charge in [0, 0.05) is 18.7 Å². The Hall–Kier alpha value is -1.62. The van der Waals surface area contributed by atoms with E-state index in [9.17, 15) is 4.79 Å². The van der Waals surface area contributed by atoms with Crippen LogP contribution in [-0.2, 0) is 16.1 Å². The Balaban J connectivity index is 2.63. The van der Waals surface area contributed by atoms with Crippen LogP contribution >= 0.6 is 0 Å². The standard InChI is InChI=1S/C12H17NO4/c1-9(15)17-12(2,3)8-16-11-10(7-14)5-4-6-13-11/h4-6,14H,7-8H2,1-3H3. The van der Waals surface area contributed by atoms with Gasteiger partial charge in [0.2, 0.25) is 5.88 Å². The summed E-state index contributed by atoms with van der Waals surface area (Å²) in [5.74, 6) is -0.00257. The van der Waals surface area contributed by atoms with Gasteiger partial charge in [-0.05, 0) is 26.0 Å².